The lowest BCUT2D eigenvalue weighted by Gasteiger charge is -2.14. The zero-order chi connectivity index (χ0) is 20.8. The molecule has 29 heavy (non-hydrogen) atoms. The minimum atomic E-state index is -0.641. The van der Waals surface area contributed by atoms with Gasteiger partial charge in [0.05, 0.1) is 11.7 Å². The van der Waals surface area contributed by atoms with Crippen molar-refractivity contribution in [2.24, 2.45) is 0 Å². The Hall–Kier alpha value is -3.81. The Morgan fingerprint density at radius 2 is 1.86 bits per heavy atom. The van der Waals surface area contributed by atoms with E-state index >= 15 is 0 Å². The number of anilines is 1. The van der Waals surface area contributed by atoms with Gasteiger partial charge in [0.15, 0.2) is 0 Å². The highest BCUT2D eigenvalue weighted by atomic mass is 19.1. The Balaban J connectivity index is 1.69. The monoisotopic (exact) mass is 394 g/mol. The third-order valence-electron chi connectivity index (χ3n) is 4.19. The lowest BCUT2D eigenvalue weighted by molar-refractivity contribution is -0.122. The number of hydrogen-bond acceptors (Lipinski definition) is 4. The molecule has 0 aliphatic heterocycles. The second-order valence-electron chi connectivity index (χ2n) is 6.36. The summed E-state index contributed by atoms with van der Waals surface area (Å²) in [5, 5.41) is 5.30. The van der Waals surface area contributed by atoms with Crippen molar-refractivity contribution >= 4 is 17.5 Å². The van der Waals surface area contributed by atoms with Gasteiger partial charge in [-0.2, -0.15) is 0 Å². The first-order valence-corrected chi connectivity index (χ1v) is 8.90. The molecule has 0 unspecified atom stereocenters. The van der Waals surface area contributed by atoms with E-state index in [0.29, 0.717) is 11.4 Å². The van der Waals surface area contributed by atoms with Gasteiger partial charge >= 0.3 is 0 Å². The molecular formula is C21H19FN4O3. The summed E-state index contributed by atoms with van der Waals surface area (Å²) in [5.41, 5.74) is 0.323. The molecule has 2 aromatic heterocycles. The summed E-state index contributed by atoms with van der Waals surface area (Å²) in [4.78, 5) is 41.5. The van der Waals surface area contributed by atoms with Crippen molar-refractivity contribution in [3.8, 4) is 0 Å². The van der Waals surface area contributed by atoms with E-state index in [4.69, 9.17) is 0 Å². The Labute approximate surface area is 166 Å². The van der Waals surface area contributed by atoms with E-state index < -0.39 is 17.3 Å². The molecule has 1 atom stereocenters. The number of rotatable bonds is 6. The predicted molar refractivity (Wildman–Crippen MR) is 106 cm³/mol. The number of aromatic nitrogens is 2. The molecule has 7 nitrogen and oxygen atoms in total. The van der Waals surface area contributed by atoms with Crippen LogP contribution in [0.1, 0.15) is 29.0 Å². The van der Waals surface area contributed by atoms with E-state index in [0.717, 1.165) is 4.57 Å². The minimum absolute atomic E-state index is 0.123. The molecule has 2 amide bonds. The Kier molecular flexibility index (Phi) is 6.13. The van der Waals surface area contributed by atoms with E-state index in [-0.39, 0.29) is 24.1 Å². The van der Waals surface area contributed by atoms with Gasteiger partial charge in [-0.05, 0) is 55.5 Å². The second-order valence-corrected chi connectivity index (χ2v) is 6.36. The van der Waals surface area contributed by atoms with Crippen LogP contribution >= 0.6 is 0 Å². The topological polar surface area (TPSA) is 93.1 Å². The van der Waals surface area contributed by atoms with Gasteiger partial charge in [-0.3, -0.25) is 19.4 Å². The van der Waals surface area contributed by atoms with Crippen LogP contribution in [-0.4, -0.2) is 21.4 Å². The second kappa shape index (κ2) is 8.92. The standard InChI is InChI=1S/C21H19FN4O3/c1-14(18-6-2-3-11-23-18)24-19(27)13-26-12-4-5-17(21(26)29)20(28)25-16-9-7-15(22)8-10-16/h2-12,14H,13H2,1H3,(H,24,27)(H,25,28)/t14-/m0/s1. The number of carbonyl (C=O) groups excluding carboxylic acids is 2. The van der Waals surface area contributed by atoms with E-state index in [1.807, 2.05) is 6.07 Å². The molecule has 0 bridgehead atoms. The number of hydrogen-bond donors (Lipinski definition) is 2. The molecule has 0 spiro atoms. The Bertz CT molecular complexity index is 1070. The summed E-state index contributed by atoms with van der Waals surface area (Å²) in [5.74, 6) is -1.46. The van der Waals surface area contributed by atoms with Gasteiger partial charge in [-0.15, -0.1) is 0 Å². The highest BCUT2D eigenvalue weighted by molar-refractivity contribution is 6.04. The summed E-state index contributed by atoms with van der Waals surface area (Å²) < 4.78 is 14.1. The van der Waals surface area contributed by atoms with Crippen LogP contribution in [0.3, 0.4) is 0 Å². The number of pyridine rings is 2. The fourth-order valence-corrected chi connectivity index (χ4v) is 2.71. The van der Waals surface area contributed by atoms with Gasteiger partial charge in [0, 0.05) is 18.1 Å². The van der Waals surface area contributed by atoms with Crippen LogP contribution in [0, 0.1) is 5.82 Å². The average Bonchev–Trinajstić information content (AvgIpc) is 2.71. The van der Waals surface area contributed by atoms with Crippen LogP contribution < -0.4 is 16.2 Å². The zero-order valence-electron chi connectivity index (χ0n) is 15.6. The SMILES string of the molecule is C[C@H](NC(=O)Cn1cccc(C(=O)Nc2ccc(F)cc2)c1=O)c1ccccn1. The summed E-state index contributed by atoms with van der Waals surface area (Å²) in [6.45, 7) is 1.54. The lowest BCUT2D eigenvalue weighted by Crippen LogP contribution is -2.36. The van der Waals surface area contributed by atoms with Crippen LogP contribution in [0.4, 0.5) is 10.1 Å². The van der Waals surface area contributed by atoms with Crippen LogP contribution in [0.2, 0.25) is 0 Å². The van der Waals surface area contributed by atoms with Gasteiger partial charge in [0.2, 0.25) is 5.91 Å². The molecule has 2 heterocycles. The van der Waals surface area contributed by atoms with Gasteiger partial charge in [-0.25, -0.2) is 4.39 Å². The van der Waals surface area contributed by atoms with Crippen LogP contribution in [-0.2, 0) is 11.3 Å². The molecule has 3 rings (SSSR count). The van der Waals surface area contributed by atoms with Crippen LogP contribution in [0.15, 0.2) is 71.8 Å². The van der Waals surface area contributed by atoms with E-state index in [1.165, 1.54) is 42.6 Å². The van der Waals surface area contributed by atoms with Gasteiger partial charge in [0.25, 0.3) is 11.5 Å². The van der Waals surface area contributed by atoms with E-state index in [2.05, 4.69) is 15.6 Å². The molecule has 8 heteroatoms. The lowest BCUT2D eigenvalue weighted by atomic mass is 10.2. The molecule has 1 aromatic carbocycles. The predicted octanol–water partition coefficient (Wildman–Crippen LogP) is 2.51. The molecule has 0 aliphatic carbocycles. The fraction of sp³-hybridized carbons (Fsp3) is 0.143. The zero-order valence-corrected chi connectivity index (χ0v) is 15.6. The van der Waals surface area contributed by atoms with Gasteiger partial charge in [-0.1, -0.05) is 6.07 Å². The minimum Gasteiger partial charge on any atom is -0.346 e. The van der Waals surface area contributed by atoms with Crippen molar-refractivity contribution in [2.75, 3.05) is 5.32 Å². The molecule has 0 saturated heterocycles. The number of nitrogens with zero attached hydrogens (tertiary/aromatic N) is 2. The van der Waals surface area contributed by atoms with E-state index in [9.17, 15) is 18.8 Å². The first kappa shape index (κ1) is 19.9. The molecule has 2 N–H and O–H groups in total. The quantitative estimate of drug-likeness (QED) is 0.672. The highest BCUT2D eigenvalue weighted by Crippen LogP contribution is 2.10. The number of halogens is 1. The third-order valence-corrected chi connectivity index (χ3v) is 4.19. The first-order chi connectivity index (χ1) is 13.9. The number of benzene rings is 1. The largest absolute Gasteiger partial charge is 0.346 e. The highest BCUT2D eigenvalue weighted by Gasteiger charge is 2.15. The number of carbonyl (C=O) groups is 2. The van der Waals surface area contributed by atoms with Crippen LogP contribution in [0.25, 0.3) is 0 Å². The van der Waals surface area contributed by atoms with Crippen molar-refractivity contribution in [1.29, 1.82) is 0 Å². The van der Waals surface area contributed by atoms with Crippen molar-refractivity contribution in [3.63, 3.8) is 0 Å². The summed E-state index contributed by atoms with van der Waals surface area (Å²) in [6, 6.07) is 13.1. The van der Waals surface area contributed by atoms with Crippen molar-refractivity contribution < 1.29 is 14.0 Å². The van der Waals surface area contributed by atoms with Crippen molar-refractivity contribution in [2.45, 2.75) is 19.5 Å². The summed E-state index contributed by atoms with van der Waals surface area (Å²) in [6.07, 6.45) is 3.06. The smallest absolute Gasteiger partial charge is 0.263 e. The van der Waals surface area contributed by atoms with Gasteiger partial charge in [0.1, 0.15) is 17.9 Å². The van der Waals surface area contributed by atoms with E-state index in [1.54, 1.807) is 25.3 Å². The number of amides is 2. The Morgan fingerprint density at radius 1 is 1.10 bits per heavy atom. The summed E-state index contributed by atoms with van der Waals surface area (Å²) >= 11 is 0. The molecule has 0 radical (unpaired) electrons. The molecule has 0 saturated carbocycles. The van der Waals surface area contributed by atoms with Crippen molar-refractivity contribution in [3.05, 3.63) is 94.4 Å². The maximum atomic E-state index is 13.0. The van der Waals surface area contributed by atoms with Gasteiger partial charge < -0.3 is 15.2 Å². The molecule has 0 fully saturated rings. The molecule has 148 valence electrons. The first-order valence-electron chi connectivity index (χ1n) is 8.90. The molecular weight excluding hydrogens is 375 g/mol. The summed E-state index contributed by atoms with van der Waals surface area (Å²) in [7, 11) is 0. The third kappa shape index (κ3) is 5.13. The van der Waals surface area contributed by atoms with Crippen molar-refractivity contribution in [1.82, 2.24) is 14.9 Å². The normalized spacial score (nSPS) is 11.5. The molecule has 0 aliphatic rings. The maximum Gasteiger partial charge on any atom is 0.263 e. The average molecular weight is 394 g/mol. The fourth-order valence-electron chi connectivity index (χ4n) is 2.71. The number of nitrogens with one attached hydrogen (secondary N) is 2. The maximum absolute atomic E-state index is 13.0. The molecule has 3 aromatic rings. The Morgan fingerprint density at radius 3 is 2.55 bits per heavy atom. The van der Waals surface area contributed by atoms with Crippen LogP contribution in [0.5, 0.6) is 0 Å².